The van der Waals surface area contributed by atoms with Crippen molar-refractivity contribution in [1.29, 1.82) is 0 Å². The van der Waals surface area contributed by atoms with Crippen LogP contribution < -0.4 is 0 Å². The molecule has 14 heavy (non-hydrogen) atoms. The summed E-state index contributed by atoms with van der Waals surface area (Å²) in [5, 5.41) is 0. The zero-order valence-electron chi connectivity index (χ0n) is 9.56. The maximum atomic E-state index is 9.44. The standard InChI is InChI=1S/C6H12.C3H6O.C2H6O.CH4/c1-2-4-6-5-3-1;1-3(2)4;1-3-2;/h1-6H2;1-2H3;1-2H3;1H4. The van der Waals surface area contributed by atoms with Crippen molar-refractivity contribution in [2.75, 3.05) is 14.2 Å². The molecule has 1 aliphatic carbocycles. The van der Waals surface area contributed by atoms with Gasteiger partial charge in [0.1, 0.15) is 5.78 Å². The largest absolute Gasteiger partial charge is 0.388 e. The number of hydrogen-bond donors (Lipinski definition) is 0. The van der Waals surface area contributed by atoms with Crippen LogP contribution in [0.3, 0.4) is 0 Å². The Morgan fingerprint density at radius 1 is 0.857 bits per heavy atom. The summed E-state index contributed by atoms with van der Waals surface area (Å²) in [5.74, 6) is 0.167. The lowest BCUT2D eigenvalue weighted by molar-refractivity contribution is -0.114. The van der Waals surface area contributed by atoms with Crippen LogP contribution in [0.5, 0.6) is 0 Å². The van der Waals surface area contributed by atoms with E-state index >= 15 is 0 Å². The Morgan fingerprint density at radius 2 is 0.929 bits per heavy atom. The minimum Gasteiger partial charge on any atom is -0.388 e. The molecule has 2 nitrogen and oxygen atoms in total. The second kappa shape index (κ2) is 18.4. The molecule has 0 atom stereocenters. The lowest BCUT2D eigenvalue weighted by Gasteiger charge is -2.05. The molecule has 0 radical (unpaired) electrons. The van der Waals surface area contributed by atoms with Gasteiger partial charge in [-0.1, -0.05) is 46.0 Å². The van der Waals surface area contributed by atoms with Crippen molar-refractivity contribution < 1.29 is 9.53 Å². The number of ether oxygens (including phenoxy) is 1. The molecule has 0 unspecified atom stereocenters. The van der Waals surface area contributed by atoms with Crippen molar-refractivity contribution in [1.82, 2.24) is 0 Å². The van der Waals surface area contributed by atoms with Crippen LogP contribution in [-0.4, -0.2) is 20.0 Å². The van der Waals surface area contributed by atoms with Gasteiger partial charge in [0.2, 0.25) is 0 Å². The van der Waals surface area contributed by atoms with Gasteiger partial charge in [-0.05, 0) is 13.8 Å². The number of hydrogen-bond acceptors (Lipinski definition) is 2. The van der Waals surface area contributed by atoms with E-state index < -0.39 is 0 Å². The highest BCUT2D eigenvalue weighted by Gasteiger charge is 1.95. The van der Waals surface area contributed by atoms with Crippen molar-refractivity contribution in [3.8, 4) is 0 Å². The summed E-state index contributed by atoms with van der Waals surface area (Å²) < 4.78 is 4.25. The van der Waals surface area contributed by atoms with Gasteiger partial charge in [-0.3, -0.25) is 0 Å². The predicted octanol–water partition coefficient (Wildman–Crippen LogP) is 3.83. The number of Topliss-reactive ketones (excluding diaryl/α,β-unsaturated/α-hetero) is 1. The smallest absolute Gasteiger partial charge is 0.126 e. The summed E-state index contributed by atoms with van der Waals surface area (Å²) in [6, 6.07) is 0. The van der Waals surface area contributed by atoms with E-state index in [4.69, 9.17) is 0 Å². The zero-order valence-corrected chi connectivity index (χ0v) is 9.56. The highest BCUT2D eigenvalue weighted by Crippen LogP contribution is 2.15. The average molecular weight is 204 g/mol. The molecule has 0 saturated heterocycles. The summed E-state index contributed by atoms with van der Waals surface area (Å²) in [4.78, 5) is 9.44. The Hall–Kier alpha value is -0.370. The maximum Gasteiger partial charge on any atom is 0.126 e. The van der Waals surface area contributed by atoms with Crippen LogP contribution in [0.15, 0.2) is 0 Å². The molecule has 88 valence electrons. The molecule has 0 N–H and O–H groups in total. The molecule has 0 aliphatic heterocycles. The van der Waals surface area contributed by atoms with Crippen molar-refractivity contribution >= 4 is 5.78 Å². The first-order valence-electron chi connectivity index (χ1n) is 5.02. The first kappa shape index (κ1) is 19.2. The molecular weight excluding hydrogens is 176 g/mol. The van der Waals surface area contributed by atoms with Gasteiger partial charge in [0, 0.05) is 14.2 Å². The van der Waals surface area contributed by atoms with Crippen LogP contribution in [0.1, 0.15) is 59.8 Å². The van der Waals surface area contributed by atoms with E-state index in [9.17, 15) is 4.79 Å². The fourth-order valence-corrected chi connectivity index (χ4v) is 1.06. The molecule has 0 aromatic heterocycles. The molecule has 1 saturated carbocycles. The van der Waals surface area contributed by atoms with Crippen LogP contribution in [-0.2, 0) is 9.53 Å². The van der Waals surface area contributed by atoms with Gasteiger partial charge in [-0.2, -0.15) is 0 Å². The van der Waals surface area contributed by atoms with Gasteiger partial charge in [0.25, 0.3) is 0 Å². The van der Waals surface area contributed by atoms with E-state index in [0.29, 0.717) is 0 Å². The molecule has 0 heterocycles. The second-order valence-electron chi connectivity index (χ2n) is 3.44. The molecule has 0 spiro atoms. The van der Waals surface area contributed by atoms with Crippen molar-refractivity contribution in [3.05, 3.63) is 0 Å². The third kappa shape index (κ3) is 41.5. The number of carbonyl (C=O) groups is 1. The molecule has 1 rings (SSSR count). The van der Waals surface area contributed by atoms with Crippen LogP contribution >= 0.6 is 0 Å². The summed E-state index contributed by atoms with van der Waals surface area (Å²) >= 11 is 0. The molecule has 0 aromatic carbocycles. The van der Waals surface area contributed by atoms with Gasteiger partial charge in [0.05, 0.1) is 0 Å². The molecule has 0 bridgehead atoms. The van der Waals surface area contributed by atoms with E-state index in [2.05, 4.69) is 4.74 Å². The third-order valence-electron chi connectivity index (χ3n) is 1.50. The van der Waals surface area contributed by atoms with Crippen LogP contribution in [0.2, 0.25) is 0 Å². The number of ketones is 1. The van der Waals surface area contributed by atoms with E-state index in [1.807, 2.05) is 0 Å². The minimum absolute atomic E-state index is 0. The fraction of sp³-hybridized carbons (Fsp3) is 0.917. The minimum atomic E-state index is 0. The number of carbonyl (C=O) groups excluding carboxylic acids is 1. The zero-order chi connectivity index (χ0) is 10.5. The molecule has 1 aliphatic rings. The number of rotatable bonds is 0. The van der Waals surface area contributed by atoms with E-state index in [1.165, 1.54) is 52.4 Å². The normalized spacial score (nSPS) is 13.4. The quantitative estimate of drug-likeness (QED) is 0.599. The second-order valence-corrected chi connectivity index (χ2v) is 3.44. The lowest BCUT2D eigenvalue weighted by atomic mass is 10.0. The summed E-state index contributed by atoms with van der Waals surface area (Å²) in [6.45, 7) is 3.06. The van der Waals surface area contributed by atoms with Crippen LogP contribution in [0, 0.1) is 0 Å². The van der Waals surface area contributed by atoms with E-state index in [1.54, 1.807) is 14.2 Å². The van der Waals surface area contributed by atoms with Crippen LogP contribution in [0.25, 0.3) is 0 Å². The fourth-order valence-electron chi connectivity index (χ4n) is 1.06. The summed E-state index contributed by atoms with van der Waals surface area (Å²) in [6.07, 6.45) is 9.00. The first-order valence-corrected chi connectivity index (χ1v) is 5.02. The van der Waals surface area contributed by atoms with Gasteiger partial charge in [-0.15, -0.1) is 0 Å². The molecule has 0 amide bonds. The summed E-state index contributed by atoms with van der Waals surface area (Å²) in [5.41, 5.74) is 0. The van der Waals surface area contributed by atoms with Gasteiger partial charge >= 0.3 is 0 Å². The van der Waals surface area contributed by atoms with E-state index in [0.717, 1.165) is 0 Å². The number of methoxy groups -OCH3 is 1. The SMILES string of the molecule is C.C1CCCCC1.CC(C)=O.COC. The highest BCUT2D eigenvalue weighted by molar-refractivity contribution is 5.72. The van der Waals surface area contributed by atoms with Gasteiger partial charge < -0.3 is 9.53 Å². The topological polar surface area (TPSA) is 26.3 Å². The maximum absolute atomic E-state index is 9.44. The monoisotopic (exact) mass is 204 g/mol. The Morgan fingerprint density at radius 3 is 1.00 bits per heavy atom. The van der Waals surface area contributed by atoms with Crippen molar-refractivity contribution in [2.45, 2.75) is 59.8 Å². The van der Waals surface area contributed by atoms with Gasteiger partial charge in [0.15, 0.2) is 0 Å². The van der Waals surface area contributed by atoms with Crippen LogP contribution in [0.4, 0.5) is 0 Å². The molecule has 0 aromatic rings. The molecule has 1 fully saturated rings. The Balaban J connectivity index is -0.000000135. The summed E-state index contributed by atoms with van der Waals surface area (Å²) in [7, 11) is 3.25. The lowest BCUT2D eigenvalue weighted by Crippen LogP contribution is -1.85. The first-order chi connectivity index (χ1) is 6.15. The molecule has 2 heteroatoms. The van der Waals surface area contributed by atoms with E-state index in [-0.39, 0.29) is 13.2 Å². The van der Waals surface area contributed by atoms with Crippen molar-refractivity contribution in [2.24, 2.45) is 0 Å². The highest BCUT2D eigenvalue weighted by atomic mass is 16.4. The Kier molecular flexibility index (Phi) is 25.3. The molecular formula is C12H28O2. The van der Waals surface area contributed by atoms with Crippen molar-refractivity contribution in [3.63, 3.8) is 0 Å². The van der Waals surface area contributed by atoms with Gasteiger partial charge in [-0.25, -0.2) is 0 Å². The Bertz CT molecular complexity index is 81.0. The average Bonchev–Trinajstić information content (AvgIpc) is 2.08. The third-order valence-corrected chi connectivity index (χ3v) is 1.50. The predicted molar refractivity (Wildman–Crippen MR) is 63.7 cm³/mol. The Labute approximate surface area is 90.0 Å².